The molecular weight excluding hydrogens is 572 g/mol. The van der Waals surface area contributed by atoms with Crippen molar-refractivity contribution >= 4 is 33.2 Å². The van der Waals surface area contributed by atoms with E-state index in [9.17, 15) is 18.3 Å². The summed E-state index contributed by atoms with van der Waals surface area (Å²) in [6.45, 7) is 5.59. The number of fused-ring (bicyclic) bond motifs is 4. The summed E-state index contributed by atoms with van der Waals surface area (Å²) in [5.74, 6) is 1.06. The molecule has 0 unspecified atom stereocenters. The molecule has 2 aliphatic heterocycles. The average molecular weight is 615 g/mol. The average Bonchev–Trinajstić information content (AvgIpc) is 2.92. The minimum Gasteiger partial charge on any atom is -0.487 e. The summed E-state index contributed by atoms with van der Waals surface area (Å²) in [6, 6.07) is 11.1. The van der Waals surface area contributed by atoms with Crippen molar-refractivity contribution in [3.8, 4) is 5.75 Å². The molecule has 6 atom stereocenters. The first kappa shape index (κ1) is 29.8. The molecule has 2 aromatic rings. The van der Waals surface area contributed by atoms with E-state index in [1.54, 1.807) is 25.1 Å². The summed E-state index contributed by atoms with van der Waals surface area (Å²) in [5.41, 5.74) is 2.58. The highest BCUT2D eigenvalue weighted by Gasteiger charge is 2.53. The maximum absolute atomic E-state index is 13.3. The molecule has 42 heavy (non-hydrogen) atoms. The van der Waals surface area contributed by atoms with Gasteiger partial charge in [0.15, 0.2) is 0 Å². The topological polar surface area (TPSA) is 95.9 Å². The number of nitrogens with one attached hydrogen (secondary N) is 1. The van der Waals surface area contributed by atoms with Gasteiger partial charge in [0.2, 0.25) is 10.0 Å². The molecule has 0 saturated heterocycles. The van der Waals surface area contributed by atoms with Crippen LogP contribution >= 0.6 is 11.6 Å². The Morgan fingerprint density at radius 3 is 2.45 bits per heavy atom. The minimum atomic E-state index is -3.86. The molecule has 2 fully saturated rings. The van der Waals surface area contributed by atoms with Crippen LogP contribution in [0.15, 0.2) is 36.4 Å². The SMILES string of the molecule is C[C@@H]1CC[C@H]2CC[C@@H]2[C@](C)(O)[C@@H]2CC[C@H]2CN2CCCCc3cc(Cl)ccc3COc3ccc(cc32)C(=O)NS1(=O)=O. The number of ether oxygens (including phenoxy) is 1. The molecule has 2 heterocycles. The Morgan fingerprint density at radius 1 is 0.976 bits per heavy atom. The van der Waals surface area contributed by atoms with Crippen LogP contribution in [0.2, 0.25) is 5.02 Å². The molecule has 2 N–H and O–H groups in total. The Balaban J connectivity index is 1.38. The standard InChI is InChI=1S/C33H43ClN2O5S/c1-21-6-7-22-9-13-28(22)33(2,38)29-14-10-25(29)19-36-16-4-3-5-23-17-27(34)12-8-26(23)20-41-31-15-11-24(18-30(31)36)32(37)35-42(21,39)40/h8,11-12,15,17-18,21-22,25,28-29,38H,3-7,9-10,13-14,16,19-20H2,1-2H3,(H,35,37)/t21-,22+,25+,28+,29-,33+/m1/s1. The maximum atomic E-state index is 13.3. The van der Waals surface area contributed by atoms with Gasteiger partial charge >= 0.3 is 0 Å². The van der Waals surface area contributed by atoms with Gasteiger partial charge in [-0.05, 0) is 137 Å². The van der Waals surface area contributed by atoms with Crippen molar-refractivity contribution in [3.05, 3.63) is 58.1 Å². The van der Waals surface area contributed by atoms with E-state index >= 15 is 0 Å². The van der Waals surface area contributed by atoms with Crippen LogP contribution in [0.25, 0.3) is 0 Å². The van der Waals surface area contributed by atoms with Gasteiger partial charge in [-0.3, -0.25) is 4.79 Å². The first-order chi connectivity index (χ1) is 20.0. The van der Waals surface area contributed by atoms with Crippen molar-refractivity contribution in [2.24, 2.45) is 23.7 Å². The van der Waals surface area contributed by atoms with E-state index in [0.29, 0.717) is 41.2 Å². The summed E-state index contributed by atoms with van der Waals surface area (Å²) in [5, 5.41) is 12.0. The van der Waals surface area contributed by atoms with Crippen LogP contribution in [-0.4, -0.2) is 43.4 Å². The highest BCUT2D eigenvalue weighted by atomic mass is 35.5. The number of hydrogen-bond donors (Lipinski definition) is 2. The number of benzene rings is 2. The highest BCUT2D eigenvalue weighted by Crippen LogP contribution is 2.54. The molecule has 0 spiro atoms. The largest absolute Gasteiger partial charge is 0.487 e. The molecule has 228 valence electrons. The second-order valence-electron chi connectivity index (χ2n) is 13.3. The number of halogens is 1. The van der Waals surface area contributed by atoms with Crippen LogP contribution in [0.5, 0.6) is 5.75 Å². The summed E-state index contributed by atoms with van der Waals surface area (Å²) in [6.07, 6.45) is 8.08. The normalized spacial score (nSPS) is 33.2. The van der Waals surface area contributed by atoms with Crippen molar-refractivity contribution in [1.82, 2.24) is 4.72 Å². The number of nitrogens with zero attached hydrogens (tertiary/aromatic N) is 1. The minimum absolute atomic E-state index is 0.179. The summed E-state index contributed by atoms with van der Waals surface area (Å²) in [7, 11) is -3.86. The summed E-state index contributed by atoms with van der Waals surface area (Å²) in [4.78, 5) is 15.6. The van der Waals surface area contributed by atoms with Crippen LogP contribution in [0.4, 0.5) is 5.69 Å². The third-order valence-corrected chi connectivity index (χ3v) is 12.7. The maximum Gasteiger partial charge on any atom is 0.264 e. The number of carbonyl (C=O) groups excluding carboxylic acids is 1. The highest BCUT2D eigenvalue weighted by molar-refractivity contribution is 7.90. The molecule has 4 aliphatic rings. The van der Waals surface area contributed by atoms with Gasteiger partial charge in [-0.25, -0.2) is 13.1 Å². The fourth-order valence-corrected chi connectivity index (χ4v) is 8.99. The Kier molecular flexibility index (Phi) is 8.26. The van der Waals surface area contributed by atoms with Gasteiger partial charge in [-0.1, -0.05) is 17.7 Å². The first-order valence-corrected chi connectivity index (χ1v) is 17.5. The van der Waals surface area contributed by atoms with E-state index in [1.165, 1.54) is 5.56 Å². The third kappa shape index (κ3) is 5.79. The van der Waals surface area contributed by atoms with E-state index in [0.717, 1.165) is 75.7 Å². The van der Waals surface area contributed by atoms with Gasteiger partial charge in [0, 0.05) is 23.7 Å². The Labute approximate surface area is 255 Å². The number of hydrogen-bond acceptors (Lipinski definition) is 6. The zero-order chi connectivity index (χ0) is 29.6. The van der Waals surface area contributed by atoms with Crippen molar-refractivity contribution in [3.63, 3.8) is 0 Å². The first-order valence-electron chi connectivity index (χ1n) is 15.6. The van der Waals surface area contributed by atoms with Crippen molar-refractivity contribution in [2.75, 3.05) is 18.0 Å². The van der Waals surface area contributed by atoms with Gasteiger partial charge in [0.25, 0.3) is 5.91 Å². The van der Waals surface area contributed by atoms with Gasteiger partial charge in [-0.2, -0.15) is 0 Å². The van der Waals surface area contributed by atoms with Crippen LogP contribution in [-0.2, 0) is 23.1 Å². The molecule has 2 aromatic carbocycles. The number of aliphatic hydroxyl groups is 1. The fourth-order valence-electron chi connectivity index (χ4n) is 7.77. The molecule has 0 radical (unpaired) electrons. The van der Waals surface area contributed by atoms with Crippen LogP contribution in [0.1, 0.15) is 86.7 Å². The third-order valence-electron chi connectivity index (χ3n) is 10.7. The lowest BCUT2D eigenvalue weighted by Gasteiger charge is -2.55. The molecule has 6 rings (SSSR count). The second-order valence-corrected chi connectivity index (χ2v) is 15.8. The molecule has 2 bridgehead atoms. The molecule has 9 heteroatoms. The number of carbonyl (C=O) groups is 1. The van der Waals surface area contributed by atoms with E-state index in [1.807, 2.05) is 25.1 Å². The lowest BCUT2D eigenvalue weighted by Crippen LogP contribution is -2.57. The van der Waals surface area contributed by atoms with Crippen molar-refractivity contribution < 1.29 is 23.1 Å². The number of rotatable bonds is 0. The molecule has 2 saturated carbocycles. The van der Waals surface area contributed by atoms with Crippen LogP contribution in [0, 0.1) is 23.7 Å². The van der Waals surface area contributed by atoms with E-state index < -0.39 is 26.8 Å². The summed E-state index contributed by atoms with van der Waals surface area (Å²) < 4.78 is 35.1. The van der Waals surface area contributed by atoms with E-state index in [-0.39, 0.29) is 11.8 Å². The smallest absolute Gasteiger partial charge is 0.264 e. The lowest BCUT2D eigenvalue weighted by atomic mass is 9.54. The lowest BCUT2D eigenvalue weighted by molar-refractivity contribution is -0.149. The molecular formula is C33H43ClN2O5S. The predicted octanol–water partition coefficient (Wildman–Crippen LogP) is 6.11. The van der Waals surface area contributed by atoms with E-state index in [2.05, 4.69) is 9.62 Å². The van der Waals surface area contributed by atoms with Crippen LogP contribution < -0.4 is 14.4 Å². The molecule has 2 aliphatic carbocycles. The molecule has 1 amide bonds. The monoisotopic (exact) mass is 614 g/mol. The zero-order valence-electron chi connectivity index (χ0n) is 24.6. The Morgan fingerprint density at radius 2 is 1.71 bits per heavy atom. The number of anilines is 1. The Bertz CT molecular complexity index is 1440. The number of aryl methyl sites for hydroxylation is 1. The van der Waals surface area contributed by atoms with Crippen molar-refractivity contribution in [2.45, 2.75) is 89.1 Å². The van der Waals surface area contributed by atoms with Crippen LogP contribution in [0.3, 0.4) is 0 Å². The number of amides is 1. The quantitative estimate of drug-likeness (QED) is 0.372. The molecule has 7 nitrogen and oxygen atoms in total. The van der Waals surface area contributed by atoms with Gasteiger partial charge < -0.3 is 14.7 Å². The Hall–Kier alpha value is -2.29. The van der Waals surface area contributed by atoms with Gasteiger partial charge in [-0.15, -0.1) is 0 Å². The van der Waals surface area contributed by atoms with E-state index in [4.69, 9.17) is 16.3 Å². The fraction of sp³-hybridized carbons (Fsp3) is 0.606. The van der Waals surface area contributed by atoms with Gasteiger partial charge in [0.1, 0.15) is 12.4 Å². The number of sulfonamides is 1. The second kappa shape index (κ2) is 11.7. The van der Waals surface area contributed by atoms with Crippen molar-refractivity contribution in [1.29, 1.82) is 0 Å². The predicted molar refractivity (Wildman–Crippen MR) is 166 cm³/mol. The zero-order valence-corrected chi connectivity index (χ0v) is 26.2. The molecule has 0 aromatic heterocycles. The van der Waals surface area contributed by atoms with Gasteiger partial charge in [0.05, 0.1) is 16.5 Å². The summed E-state index contributed by atoms with van der Waals surface area (Å²) >= 11 is 6.32.